The third-order valence-electron chi connectivity index (χ3n) is 3.40. The fourth-order valence-electron chi connectivity index (χ4n) is 1.99. The van der Waals surface area contributed by atoms with Gasteiger partial charge in [-0.3, -0.25) is 9.69 Å². The van der Waals surface area contributed by atoms with Crippen molar-refractivity contribution in [1.82, 2.24) is 9.80 Å². The van der Waals surface area contributed by atoms with Crippen LogP contribution in [0.4, 0.5) is 0 Å². The summed E-state index contributed by atoms with van der Waals surface area (Å²) < 4.78 is 0. The normalized spacial score (nSPS) is 19.9. The fraction of sp³-hybridized carbons (Fsp3) is 0.929. The molecule has 0 bridgehead atoms. The highest BCUT2D eigenvalue weighted by atomic mass is 16.2. The van der Waals surface area contributed by atoms with Crippen LogP contribution in [0.3, 0.4) is 0 Å². The molecule has 100 valence electrons. The second-order valence-electron chi connectivity index (χ2n) is 7.28. The lowest BCUT2D eigenvalue weighted by molar-refractivity contribution is -0.138. The van der Waals surface area contributed by atoms with E-state index in [-0.39, 0.29) is 11.4 Å². The maximum atomic E-state index is 12.1. The van der Waals surface area contributed by atoms with E-state index in [2.05, 4.69) is 46.4 Å². The van der Waals surface area contributed by atoms with Gasteiger partial charge in [0.15, 0.2) is 0 Å². The molecule has 0 aromatic rings. The minimum absolute atomic E-state index is 0.103. The maximum Gasteiger partial charge on any atom is 0.236 e. The zero-order valence-corrected chi connectivity index (χ0v) is 12.3. The van der Waals surface area contributed by atoms with Gasteiger partial charge in [-0.2, -0.15) is 0 Å². The quantitative estimate of drug-likeness (QED) is 0.740. The van der Waals surface area contributed by atoms with Crippen LogP contribution in [0.1, 0.15) is 48.0 Å². The molecule has 1 heterocycles. The number of carbonyl (C=O) groups excluding carboxylic acids is 1. The summed E-state index contributed by atoms with van der Waals surface area (Å²) in [6.45, 7) is 16.6. The summed E-state index contributed by atoms with van der Waals surface area (Å²) in [5.74, 6) is 0.287. The summed E-state index contributed by atoms with van der Waals surface area (Å²) in [7, 11) is 0. The summed E-state index contributed by atoms with van der Waals surface area (Å²) >= 11 is 0. The van der Waals surface area contributed by atoms with Gasteiger partial charge in [0.1, 0.15) is 0 Å². The van der Waals surface area contributed by atoms with Gasteiger partial charge >= 0.3 is 0 Å². The van der Waals surface area contributed by atoms with Crippen molar-refractivity contribution < 1.29 is 4.79 Å². The van der Waals surface area contributed by atoms with Crippen molar-refractivity contribution in [3.8, 4) is 0 Å². The Morgan fingerprint density at radius 2 is 1.65 bits per heavy atom. The van der Waals surface area contributed by atoms with Crippen LogP contribution in [0, 0.1) is 5.41 Å². The molecule has 0 aromatic heterocycles. The first-order valence-electron chi connectivity index (χ1n) is 6.62. The van der Waals surface area contributed by atoms with Crippen molar-refractivity contribution >= 4 is 5.91 Å². The van der Waals surface area contributed by atoms with E-state index >= 15 is 0 Å². The second kappa shape index (κ2) is 4.97. The van der Waals surface area contributed by atoms with Crippen LogP contribution in [0.25, 0.3) is 0 Å². The minimum atomic E-state index is 0.103. The lowest BCUT2D eigenvalue weighted by Crippen LogP contribution is -2.56. The van der Waals surface area contributed by atoms with E-state index in [1.165, 1.54) is 0 Å². The summed E-state index contributed by atoms with van der Waals surface area (Å²) in [6, 6.07) is 0. The maximum absolute atomic E-state index is 12.1. The van der Waals surface area contributed by atoms with Gasteiger partial charge < -0.3 is 4.90 Å². The van der Waals surface area contributed by atoms with Crippen molar-refractivity contribution in [3.05, 3.63) is 0 Å². The molecule has 0 aliphatic carbocycles. The molecule has 0 radical (unpaired) electrons. The molecule has 0 aromatic carbocycles. The summed E-state index contributed by atoms with van der Waals surface area (Å²) in [5.41, 5.74) is 0.410. The third-order valence-corrected chi connectivity index (χ3v) is 3.40. The van der Waals surface area contributed by atoms with Gasteiger partial charge in [0.25, 0.3) is 0 Å². The minimum Gasteiger partial charge on any atom is -0.340 e. The topological polar surface area (TPSA) is 23.6 Å². The van der Waals surface area contributed by atoms with Gasteiger partial charge in [0, 0.05) is 25.2 Å². The molecule has 0 spiro atoms. The number of rotatable bonds is 2. The van der Waals surface area contributed by atoms with Crippen molar-refractivity contribution in [2.75, 3.05) is 26.2 Å². The van der Waals surface area contributed by atoms with Crippen molar-refractivity contribution in [3.63, 3.8) is 0 Å². The molecule has 1 aliphatic heterocycles. The van der Waals surface area contributed by atoms with Gasteiger partial charge in [-0.05, 0) is 32.6 Å². The van der Waals surface area contributed by atoms with Crippen molar-refractivity contribution in [1.29, 1.82) is 0 Å². The second-order valence-corrected chi connectivity index (χ2v) is 7.28. The van der Waals surface area contributed by atoms with Crippen LogP contribution in [0.5, 0.6) is 0 Å². The van der Waals surface area contributed by atoms with Gasteiger partial charge in [-0.25, -0.2) is 0 Å². The average Bonchev–Trinajstić information content (AvgIpc) is 2.12. The van der Waals surface area contributed by atoms with Crippen LogP contribution in [0.2, 0.25) is 0 Å². The molecule has 1 rings (SSSR count). The predicted molar refractivity (Wildman–Crippen MR) is 72.0 cm³/mol. The molecule has 3 nitrogen and oxygen atoms in total. The van der Waals surface area contributed by atoms with Crippen molar-refractivity contribution in [2.45, 2.75) is 53.5 Å². The SMILES string of the molecule is CC(C)(C)CCN1CCN(C(C)(C)C)CC1=O. The van der Waals surface area contributed by atoms with Crippen LogP contribution in [-0.4, -0.2) is 47.4 Å². The Balaban J connectivity index is 2.46. The average molecular weight is 240 g/mol. The van der Waals surface area contributed by atoms with E-state index in [1.807, 2.05) is 4.90 Å². The van der Waals surface area contributed by atoms with Crippen LogP contribution in [0.15, 0.2) is 0 Å². The molecular weight excluding hydrogens is 212 g/mol. The highest BCUT2D eigenvalue weighted by molar-refractivity contribution is 5.79. The lowest BCUT2D eigenvalue weighted by Gasteiger charge is -2.42. The Bertz CT molecular complexity index is 273. The Labute approximate surface area is 106 Å². The number of hydrogen-bond acceptors (Lipinski definition) is 2. The molecule has 0 atom stereocenters. The van der Waals surface area contributed by atoms with E-state index in [0.717, 1.165) is 26.1 Å². The van der Waals surface area contributed by atoms with E-state index in [0.29, 0.717) is 12.0 Å². The lowest BCUT2D eigenvalue weighted by atomic mass is 9.92. The van der Waals surface area contributed by atoms with Gasteiger partial charge in [-0.15, -0.1) is 0 Å². The number of hydrogen-bond donors (Lipinski definition) is 0. The molecule has 1 amide bonds. The van der Waals surface area contributed by atoms with Crippen LogP contribution < -0.4 is 0 Å². The summed E-state index contributed by atoms with van der Waals surface area (Å²) in [4.78, 5) is 16.3. The Hall–Kier alpha value is -0.570. The van der Waals surface area contributed by atoms with E-state index in [1.54, 1.807) is 0 Å². The third kappa shape index (κ3) is 4.66. The van der Waals surface area contributed by atoms with Crippen LogP contribution in [-0.2, 0) is 4.79 Å². The summed E-state index contributed by atoms with van der Waals surface area (Å²) in [5, 5.41) is 0. The smallest absolute Gasteiger partial charge is 0.236 e. The summed E-state index contributed by atoms with van der Waals surface area (Å²) in [6.07, 6.45) is 1.08. The zero-order valence-electron chi connectivity index (χ0n) is 12.3. The molecule has 3 heteroatoms. The van der Waals surface area contributed by atoms with E-state index in [9.17, 15) is 4.79 Å². The standard InChI is InChI=1S/C14H28N2O/c1-13(2,3)7-8-15-9-10-16(11-12(15)17)14(4,5)6/h7-11H2,1-6H3. The fourth-order valence-corrected chi connectivity index (χ4v) is 1.99. The number of nitrogens with zero attached hydrogens (tertiary/aromatic N) is 2. The molecule has 1 fully saturated rings. The molecule has 0 N–H and O–H groups in total. The van der Waals surface area contributed by atoms with E-state index in [4.69, 9.17) is 0 Å². The zero-order chi connectivity index (χ0) is 13.3. The molecule has 17 heavy (non-hydrogen) atoms. The highest BCUT2D eigenvalue weighted by Crippen LogP contribution is 2.21. The Kier molecular flexibility index (Phi) is 4.23. The largest absolute Gasteiger partial charge is 0.340 e. The number of carbonyl (C=O) groups is 1. The molecule has 0 unspecified atom stereocenters. The monoisotopic (exact) mass is 240 g/mol. The molecule has 1 aliphatic rings. The number of piperazine rings is 1. The first kappa shape index (κ1) is 14.5. The Morgan fingerprint density at radius 1 is 1.06 bits per heavy atom. The van der Waals surface area contributed by atoms with Gasteiger partial charge in [0.2, 0.25) is 5.91 Å². The predicted octanol–water partition coefficient (Wildman–Crippen LogP) is 2.37. The first-order valence-corrected chi connectivity index (χ1v) is 6.62. The molecule has 0 saturated carbocycles. The van der Waals surface area contributed by atoms with Crippen molar-refractivity contribution in [2.24, 2.45) is 5.41 Å². The van der Waals surface area contributed by atoms with Gasteiger partial charge in [0.05, 0.1) is 6.54 Å². The molecular formula is C14H28N2O. The van der Waals surface area contributed by atoms with Crippen LogP contribution >= 0.6 is 0 Å². The Morgan fingerprint density at radius 3 is 2.06 bits per heavy atom. The molecule has 1 saturated heterocycles. The highest BCUT2D eigenvalue weighted by Gasteiger charge is 2.30. The first-order chi connectivity index (χ1) is 7.59. The van der Waals surface area contributed by atoms with E-state index < -0.39 is 0 Å². The van der Waals surface area contributed by atoms with Gasteiger partial charge in [-0.1, -0.05) is 20.8 Å². The number of amides is 1.